The smallest absolute Gasteiger partial charge is 0.260 e. The van der Waals surface area contributed by atoms with Gasteiger partial charge in [-0.3, -0.25) is 9.36 Å². The number of methoxy groups -OCH3 is 2. The molecule has 1 N–H and O–H groups in total. The second kappa shape index (κ2) is 10.8. The van der Waals surface area contributed by atoms with Crippen LogP contribution in [0, 0.1) is 0 Å². The predicted molar refractivity (Wildman–Crippen MR) is 143 cm³/mol. The van der Waals surface area contributed by atoms with E-state index >= 15 is 0 Å². The summed E-state index contributed by atoms with van der Waals surface area (Å²) in [5, 5.41) is 3.94. The van der Waals surface area contributed by atoms with Crippen LogP contribution in [0.5, 0.6) is 11.5 Å². The SMILES string of the molecule is C=CC(=C)N1CC(OCCn2c(=O)c(-c3c(Cl)c(OC)cc(OC)c3Cl)cc3cnc(NC)nc32)C1. The maximum Gasteiger partial charge on any atom is 0.260 e. The molecule has 3 heterocycles. The average Bonchev–Trinajstić information content (AvgIpc) is 2.86. The summed E-state index contributed by atoms with van der Waals surface area (Å²) < 4.78 is 18.3. The summed E-state index contributed by atoms with van der Waals surface area (Å²) in [6.45, 7) is 9.70. The number of hydrogen-bond acceptors (Lipinski definition) is 8. The number of aromatic nitrogens is 3. The lowest BCUT2D eigenvalue weighted by Crippen LogP contribution is -2.51. The van der Waals surface area contributed by atoms with Gasteiger partial charge < -0.3 is 24.4 Å². The number of anilines is 1. The molecule has 1 aliphatic heterocycles. The van der Waals surface area contributed by atoms with Crippen LogP contribution in [0.1, 0.15) is 0 Å². The van der Waals surface area contributed by atoms with Crippen molar-refractivity contribution in [1.82, 2.24) is 19.4 Å². The van der Waals surface area contributed by atoms with E-state index in [1.54, 1.807) is 36.0 Å². The number of allylic oxidation sites excluding steroid dienone is 1. The van der Waals surface area contributed by atoms with E-state index in [9.17, 15) is 4.79 Å². The molecular weight excluding hydrogens is 505 g/mol. The van der Waals surface area contributed by atoms with Crippen LogP contribution in [-0.2, 0) is 11.3 Å². The molecule has 36 heavy (non-hydrogen) atoms. The first kappa shape index (κ1) is 25.8. The summed E-state index contributed by atoms with van der Waals surface area (Å²) in [4.78, 5) is 24.7. The molecule has 1 aromatic carbocycles. The normalized spacial score (nSPS) is 13.4. The molecule has 2 aromatic heterocycles. The van der Waals surface area contributed by atoms with E-state index in [0.717, 1.165) is 18.8 Å². The van der Waals surface area contributed by atoms with E-state index in [-0.39, 0.29) is 33.8 Å². The molecule has 1 saturated heterocycles. The van der Waals surface area contributed by atoms with Crippen molar-refractivity contribution in [3.8, 4) is 22.6 Å². The third-order valence-corrected chi connectivity index (χ3v) is 6.80. The van der Waals surface area contributed by atoms with Crippen LogP contribution in [0.2, 0.25) is 10.0 Å². The molecule has 1 aliphatic rings. The molecule has 0 unspecified atom stereocenters. The maximum atomic E-state index is 13.8. The van der Waals surface area contributed by atoms with Gasteiger partial charge in [0.05, 0.1) is 49.1 Å². The highest BCUT2D eigenvalue weighted by Gasteiger charge is 2.28. The van der Waals surface area contributed by atoms with E-state index in [2.05, 4.69) is 33.3 Å². The summed E-state index contributed by atoms with van der Waals surface area (Å²) in [6.07, 6.45) is 3.40. The Balaban J connectivity index is 1.75. The Morgan fingerprint density at radius 2 is 1.89 bits per heavy atom. The Morgan fingerprint density at radius 1 is 1.22 bits per heavy atom. The number of hydrogen-bond donors (Lipinski definition) is 1. The third kappa shape index (κ3) is 4.74. The Kier molecular flexibility index (Phi) is 7.73. The number of benzene rings is 1. The highest BCUT2D eigenvalue weighted by molar-refractivity contribution is 6.41. The topological polar surface area (TPSA) is 90.7 Å². The molecular formula is C25H27Cl2N5O4. The molecule has 0 atom stereocenters. The monoisotopic (exact) mass is 531 g/mol. The van der Waals surface area contributed by atoms with Crippen LogP contribution >= 0.6 is 23.2 Å². The van der Waals surface area contributed by atoms with Crippen molar-refractivity contribution < 1.29 is 14.2 Å². The quantitative estimate of drug-likeness (QED) is 0.388. The van der Waals surface area contributed by atoms with Crippen LogP contribution in [0.3, 0.4) is 0 Å². The number of rotatable bonds is 10. The molecule has 0 radical (unpaired) electrons. The van der Waals surface area contributed by atoms with Crippen molar-refractivity contribution in [2.45, 2.75) is 12.6 Å². The lowest BCUT2D eigenvalue weighted by molar-refractivity contribution is -0.0403. The molecule has 9 nitrogen and oxygen atoms in total. The summed E-state index contributed by atoms with van der Waals surface area (Å²) >= 11 is 13.3. The first-order valence-electron chi connectivity index (χ1n) is 11.2. The number of pyridine rings is 1. The van der Waals surface area contributed by atoms with Gasteiger partial charge in [0.2, 0.25) is 5.95 Å². The van der Waals surface area contributed by atoms with Gasteiger partial charge in [0.15, 0.2) is 0 Å². The molecule has 1 fully saturated rings. The van der Waals surface area contributed by atoms with Crippen molar-refractivity contribution in [2.75, 3.05) is 46.3 Å². The predicted octanol–water partition coefficient (Wildman–Crippen LogP) is 4.22. The van der Waals surface area contributed by atoms with E-state index in [1.165, 1.54) is 14.2 Å². The lowest BCUT2D eigenvalue weighted by atomic mass is 10.0. The van der Waals surface area contributed by atoms with Gasteiger partial charge in [-0.2, -0.15) is 4.98 Å². The number of nitrogens with one attached hydrogen (secondary N) is 1. The molecule has 11 heteroatoms. The molecule has 0 bridgehead atoms. The summed E-state index contributed by atoms with van der Waals surface area (Å²) in [6, 6.07) is 3.25. The highest BCUT2D eigenvalue weighted by Crippen LogP contribution is 2.45. The van der Waals surface area contributed by atoms with Crippen molar-refractivity contribution in [2.24, 2.45) is 0 Å². The maximum absolute atomic E-state index is 13.8. The zero-order valence-corrected chi connectivity index (χ0v) is 21.8. The van der Waals surface area contributed by atoms with Crippen molar-refractivity contribution >= 4 is 40.2 Å². The van der Waals surface area contributed by atoms with Crippen LogP contribution in [0.25, 0.3) is 22.2 Å². The Bertz CT molecular complexity index is 1360. The van der Waals surface area contributed by atoms with Gasteiger partial charge in [-0.25, -0.2) is 4.98 Å². The molecule has 0 amide bonds. The summed E-state index contributed by atoms with van der Waals surface area (Å²) in [5.41, 5.74) is 1.58. The molecule has 3 aromatic rings. The van der Waals surface area contributed by atoms with Crippen LogP contribution in [0.15, 0.2) is 48.1 Å². The standard InChI is InChI=1S/C25H27Cl2N5O4/c1-6-14(2)31-12-16(13-31)36-8-7-32-23-15(11-29-25(28-3)30-23)9-17(24(32)33)20-21(26)18(34-4)10-19(35-5)22(20)27/h6,9-11,16H,1-2,7-8,12-13H2,3-5H3,(H,28,29,30). The van der Waals surface area contributed by atoms with Crippen LogP contribution < -0.4 is 20.3 Å². The average molecular weight is 532 g/mol. The van der Waals surface area contributed by atoms with Crippen molar-refractivity contribution in [3.63, 3.8) is 0 Å². The minimum Gasteiger partial charge on any atom is -0.495 e. The molecule has 0 saturated carbocycles. The molecule has 190 valence electrons. The van der Waals surface area contributed by atoms with Crippen LogP contribution in [0.4, 0.5) is 5.95 Å². The minimum atomic E-state index is -0.332. The fourth-order valence-electron chi connectivity index (χ4n) is 4.01. The van der Waals surface area contributed by atoms with Crippen molar-refractivity contribution in [3.05, 3.63) is 63.7 Å². The van der Waals surface area contributed by atoms with Gasteiger partial charge in [-0.05, 0) is 12.1 Å². The third-order valence-electron chi connectivity index (χ3n) is 6.05. The highest BCUT2D eigenvalue weighted by atomic mass is 35.5. The summed E-state index contributed by atoms with van der Waals surface area (Å²) in [5.74, 6) is 1.06. The Labute approximate surface area is 218 Å². The molecule has 0 spiro atoms. The van der Waals surface area contributed by atoms with Gasteiger partial charge in [0, 0.05) is 49.0 Å². The summed E-state index contributed by atoms with van der Waals surface area (Å²) in [7, 11) is 4.67. The fraction of sp³-hybridized carbons (Fsp3) is 0.320. The second-order valence-electron chi connectivity index (χ2n) is 8.11. The first-order chi connectivity index (χ1) is 17.3. The Hall–Kier alpha value is -3.27. The van der Waals surface area contributed by atoms with E-state index in [0.29, 0.717) is 40.7 Å². The second-order valence-corrected chi connectivity index (χ2v) is 8.87. The first-order valence-corrected chi connectivity index (χ1v) is 11.9. The molecule has 0 aliphatic carbocycles. The fourth-order valence-corrected chi connectivity index (χ4v) is 4.71. The number of nitrogens with zero attached hydrogens (tertiary/aromatic N) is 4. The minimum absolute atomic E-state index is 0.0425. The van der Waals surface area contributed by atoms with Gasteiger partial charge in [0.25, 0.3) is 5.56 Å². The zero-order chi connectivity index (χ0) is 26.0. The number of halogens is 2. The van der Waals surface area contributed by atoms with Crippen molar-refractivity contribution in [1.29, 1.82) is 0 Å². The number of ether oxygens (including phenoxy) is 3. The van der Waals surface area contributed by atoms with Gasteiger partial charge in [0.1, 0.15) is 17.1 Å². The van der Waals surface area contributed by atoms with E-state index < -0.39 is 0 Å². The van der Waals surface area contributed by atoms with Crippen LogP contribution in [-0.4, -0.2) is 66.5 Å². The largest absolute Gasteiger partial charge is 0.495 e. The number of likely N-dealkylation sites (tertiary alicyclic amines) is 1. The Morgan fingerprint density at radius 3 is 2.47 bits per heavy atom. The lowest BCUT2D eigenvalue weighted by Gasteiger charge is -2.40. The zero-order valence-electron chi connectivity index (χ0n) is 20.3. The molecule has 4 rings (SSSR count). The van der Waals surface area contributed by atoms with Gasteiger partial charge >= 0.3 is 0 Å². The van der Waals surface area contributed by atoms with E-state index in [4.69, 9.17) is 37.4 Å². The van der Waals surface area contributed by atoms with Gasteiger partial charge in [-0.15, -0.1) is 0 Å². The number of fused-ring (bicyclic) bond motifs is 1. The van der Waals surface area contributed by atoms with Gasteiger partial charge in [-0.1, -0.05) is 36.4 Å². The van der Waals surface area contributed by atoms with E-state index in [1.807, 2.05) is 0 Å².